The van der Waals surface area contributed by atoms with Gasteiger partial charge in [0.2, 0.25) is 11.8 Å². The molecule has 72 heavy (non-hydrogen) atoms. The van der Waals surface area contributed by atoms with Gasteiger partial charge in [0.25, 0.3) is 0 Å². The molecule has 6 aromatic rings. The Hall–Kier alpha value is -5.43. The number of halogens is 2. The third-order valence-electron chi connectivity index (χ3n) is 14.2. The van der Waals surface area contributed by atoms with Gasteiger partial charge in [0.1, 0.15) is 33.3 Å². The van der Waals surface area contributed by atoms with Crippen LogP contribution in [0.15, 0.2) is 83.6 Å². The Kier molecular flexibility index (Phi) is 17.4. The van der Waals surface area contributed by atoms with E-state index in [4.69, 9.17) is 26.2 Å². The average Bonchev–Trinajstić information content (AvgIpc) is 4.23. The van der Waals surface area contributed by atoms with Crippen LogP contribution in [0.3, 0.4) is 0 Å². The number of carbonyl (C=O) groups is 3. The quantitative estimate of drug-likeness (QED) is 0.0808. The van der Waals surface area contributed by atoms with E-state index in [-0.39, 0.29) is 47.6 Å². The Bertz CT molecular complexity index is 2810. The summed E-state index contributed by atoms with van der Waals surface area (Å²) in [5, 5.41) is 34.4. The van der Waals surface area contributed by atoms with Crippen molar-refractivity contribution in [2.45, 2.75) is 140 Å². The first-order valence-electron chi connectivity index (χ1n) is 25.2. The van der Waals surface area contributed by atoms with Crippen molar-refractivity contribution in [2.24, 2.45) is 23.3 Å². The van der Waals surface area contributed by atoms with Gasteiger partial charge >= 0.3 is 6.09 Å². The lowest BCUT2D eigenvalue weighted by Crippen LogP contribution is -2.51. The summed E-state index contributed by atoms with van der Waals surface area (Å²) < 4.78 is 33.3. The predicted molar refractivity (Wildman–Crippen MR) is 280 cm³/mol. The Balaban J connectivity index is 0.000000152. The number of primary amides is 1. The molecule has 4 heterocycles. The van der Waals surface area contributed by atoms with Gasteiger partial charge in [0.05, 0.1) is 41.7 Å². The van der Waals surface area contributed by atoms with Crippen molar-refractivity contribution < 1.29 is 38.1 Å². The maximum absolute atomic E-state index is 14.2. The number of nitrogens with zero attached hydrogens (tertiary/aromatic N) is 3. The van der Waals surface area contributed by atoms with Crippen molar-refractivity contribution in [3.05, 3.63) is 105 Å². The third-order valence-corrected chi connectivity index (χ3v) is 16.1. The van der Waals surface area contributed by atoms with Crippen LogP contribution >= 0.6 is 22.7 Å². The first-order chi connectivity index (χ1) is 34.5. The van der Waals surface area contributed by atoms with Gasteiger partial charge in [-0.05, 0) is 151 Å². The van der Waals surface area contributed by atoms with Crippen molar-refractivity contribution in [3.63, 3.8) is 0 Å². The van der Waals surface area contributed by atoms with E-state index in [1.807, 2.05) is 58.8 Å². The fraction of sp³-hybridized carbons (Fsp3) is 0.473. The molecule has 13 nitrogen and oxygen atoms in total. The van der Waals surface area contributed by atoms with Gasteiger partial charge in [-0.2, -0.15) is 0 Å². The number of likely N-dealkylation sites (tertiary alicyclic amines) is 1. The van der Waals surface area contributed by atoms with Crippen LogP contribution < -0.4 is 22.1 Å². The highest BCUT2D eigenvalue weighted by molar-refractivity contribution is 7.10. The van der Waals surface area contributed by atoms with E-state index < -0.39 is 29.7 Å². The number of thiazole rings is 2. The van der Waals surface area contributed by atoms with Gasteiger partial charge in [0.15, 0.2) is 0 Å². The summed E-state index contributed by atoms with van der Waals surface area (Å²) >= 11 is 3.24. The van der Waals surface area contributed by atoms with Gasteiger partial charge in [-0.25, -0.2) is 23.5 Å². The standard InChI is InChI=1S/C25H28FN3O2S.C17H15FN2S.C13H24N2O4/c26-20-12-11-19(17-4-1-2-5-18(17)20)21-14-32-24(28-21)22-6-3-13-29(22)25(31)23(27)15-7-9-16(30)10-8-15;18-14-8-7-13(11-4-1-2-5-12(11)14)16-10-21-17(20-16)15-6-3-9-19-15;1-13(2,3)19-12(18)15-10(11(14)17)8-4-6-9(16)7-5-8/h1-2,4-5,11-12,14-16,22-23,30H,3,6-10,13,27H2;1-2,4-5,7-8,10,15,19H,3,6,9H2;8-10,16H,4-7H2,1-3H3,(H2,14,17)(H,15,18)/t15?,16?,22-,23-;15-;8?,9?,10-/m000/s1. The molecule has 2 aromatic heterocycles. The van der Waals surface area contributed by atoms with Crippen LogP contribution in [0.25, 0.3) is 44.1 Å². The number of ether oxygens (including phenoxy) is 1. The molecule has 10 rings (SSSR count). The maximum Gasteiger partial charge on any atom is 0.408 e. The second kappa shape index (κ2) is 23.6. The number of aliphatic hydroxyl groups excluding tert-OH is 2. The number of amides is 3. The lowest BCUT2D eigenvalue weighted by atomic mass is 9.82. The summed E-state index contributed by atoms with van der Waals surface area (Å²) in [6.07, 6.45) is 8.59. The molecule has 2 saturated carbocycles. The lowest BCUT2D eigenvalue weighted by Gasteiger charge is -2.33. The van der Waals surface area contributed by atoms with E-state index in [1.54, 1.807) is 55.6 Å². The van der Waals surface area contributed by atoms with E-state index in [0.717, 1.165) is 94.8 Å². The molecule has 17 heteroatoms. The van der Waals surface area contributed by atoms with E-state index in [0.29, 0.717) is 49.0 Å². The summed E-state index contributed by atoms with van der Waals surface area (Å²) in [5.41, 5.74) is 14.8. The minimum absolute atomic E-state index is 0.00197. The Morgan fingerprint density at radius 2 is 1.24 bits per heavy atom. The van der Waals surface area contributed by atoms with E-state index in [2.05, 4.69) is 16.0 Å². The van der Waals surface area contributed by atoms with Crippen LogP contribution in [0.4, 0.5) is 13.6 Å². The number of benzene rings is 4. The molecule has 0 spiro atoms. The topological polar surface area (TPSA) is 206 Å². The number of hydrogen-bond acceptors (Lipinski definition) is 12. The molecule has 4 aliphatic rings. The molecular weight excluding hydrogens is 957 g/mol. The summed E-state index contributed by atoms with van der Waals surface area (Å²) in [4.78, 5) is 48.0. The Labute approximate surface area is 427 Å². The number of carbonyl (C=O) groups excluding carboxylic acids is 3. The first kappa shape index (κ1) is 52.9. The molecule has 3 amide bonds. The van der Waals surface area contributed by atoms with E-state index in [9.17, 15) is 33.4 Å². The number of hydrogen-bond donors (Lipinski definition) is 6. The van der Waals surface area contributed by atoms with Crippen molar-refractivity contribution in [1.29, 1.82) is 0 Å². The maximum atomic E-state index is 14.2. The zero-order chi connectivity index (χ0) is 51.1. The Morgan fingerprint density at radius 1 is 0.722 bits per heavy atom. The van der Waals surface area contributed by atoms with Gasteiger partial charge in [-0.3, -0.25) is 9.59 Å². The number of aromatic nitrogens is 2. The number of fused-ring (bicyclic) bond motifs is 2. The van der Waals surface area contributed by atoms with Crippen LogP contribution in [0.2, 0.25) is 0 Å². The minimum atomic E-state index is -0.734. The second-order valence-corrected chi connectivity index (χ2v) is 22.2. The molecule has 0 radical (unpaired) electrons. The van der Waals surface area contributed by atoms with E-state index >= 15 is 0 Å². The molecule has 0 unspecified atom stereocenters. The molecule has 384 valence electrons. The lowest BCUT2D eigenvalue weighted by molar-refractivity contribution is -0.135. The molecular formula is C55H67F2N7O6S2. The van der Waals surface area contributed by atoms with Gasteiger partial charge < -0.3 is 42.0 Å². The van der Waals surface area contributed by atoms with Crippen molar-refractivity contribution in [2.75, 3.05) is 13.1 Å². The van der Waals surface area contributed by atoms with Gasteiger partial charge in [0, 0.05) is 39.2 Å². The normalized spacial score (nSPS) is 23.1. The monoisotopic (exact) mass is 1020 g/mol. The van der Waals surface area contributed by atoms with Crippen molar-refractivity contribution in [3.8, 4) is 22.5 Å². The van der Waals surface area contributed by atoms with Crippen molar-refractivity contribution in [1.82, 2.24) is 25.5 Å². The first-order valence-corrected chi connectivity index (χ1v) is 27.0. The predicted octanol–water partition coefficient (Wildman–Crippen LogP) is 10.1. The third kappa shape index (κ3) is 12.8. The minimum Gasteiger partial charge on any atom is -0.444 e. The smallest absolute Gasteiger partial charge is 0.408 e. The summed E-state index contributed by atoms with van der Waals surface area (Å²) in [5.74, 6) is -0.887. The number of rotatable bonds is 9. The summed E-state index contributed by atoms with van der Waals surface area (Å²) in [6, 6.07) is 20.7. The summed E-state index contributed by atoms with van der Waals surface area (Å²) in [7, 11) is 0. The zero-order valence-electron chi connectivity index (χ0n) is 41.2. The second-order valence-electron chi connectivity index (χ2n) is 20.5. The number of nitrogens with two attached hydrogens (primary N) is 2. The molecule has 4 fully saturated rings. The van der Waals surface area contributed by atoms with Gasteiger partial charge in [-0.1, -0.05) is 48.5 Å². The van der Waals surface area contributed by atoms with Crippen LogP contribution in [-0.4, -0.2) is 86.0 Å². The molecule has 0 bridgehead atoms. The Morgan fingerprint density at radius 3 is 1.75 bits per heavy atom. The van der Waals surface area contributed by atoms with Gasteiger partial charge in [-0.15, -0.1) is 22.7 Å². The largest absolute Gasteiger partial charge is 0.444 e. The number of nitrogens with one attached hydrogen (secondary N) is 2. The highest BCUT2D eigenvalue weighted by atomic mass is 32.1. The SMILES string of the molecule is CC(C)(C)OC(=O)N[C@H](C(N)=O)C1CCC(O)CC1.Fc1ccc(-c2csc([C@@H]3CCCN3)n2)c2ccccc12.N[C@H](C(=O)N1CCC[C@H]1c1nc(-c2ccc(F)c3ccccc23)cs1)C1CCC(O)CC1. The molecule has 4 aromatic carbocycles. The molecule has 2 aliphatic carbocycles. The fourth-order valence-electron chi connectivity index (χ4n) is 10.4. The fourth-order valence-corrected chi connectivity index (χ4v) is 12.3. The molecule has 2 saturated heterocycles. The summed E-state index contributed by atoms with van der Waals surface area (Å²) in [6.45, 7) is 7.02. The molecule has 4 atom stereocenters. The van der Waals surface area contributed by atoms with E-state index in [1.165, 1.54) is 18.6 Å². The highest BCUT2D eigenvalue weighted by Gasteiger charge is 2.38. The molecule has 8 N–H and O–H groups in total. The van der Waals surface area contributed by atoms with Crippen LogP contribution in [0, 0.1) is 23.5 Å². The highest BCUT2D eigenvalue weighted by Crippen LogP contribution is 2.39. The average molecular weight is 1020 g/mol. The zero-order valence-corrected chi connectivity index (χ0v) is 42.8. The van der Waals surface area contributed by atoms with Crippen LogP contribution in [0.1, 0.15) is 120 Å². The number of alkyl carbamates (subject to hydrolysis) is 1. The number of aliphatic hydroxyl groups is 2. The van der Waals surface area contributed by atoms with Crippen LogP contribution in [0.5, 0.6) is 0 Å². The molecule has 2 aliphatic heterocycles. The van der Waals surface area contributed by atoms with Crippen LogP contribution in [-0.2, 0) is 14.3 Å². The van der Waals surface area contributed by atoms with Crippen molar-refractivity contribution >= 4 is 62.1 Å².